The number of pyridine rings is 1. The van der Waals surface area contributed by atoms with Gasteiger partial charge in [-0.25, -0.2) is 9.67 Å². The van der Waals surface area contributed by atoms with Crippen molar-refractivity contribution in [2.24, 2.45) is 0 Å². The molecule has 0 unspecified atom stereocenters. The molecule has 0 aliphatic heterocycles. The monoisotopic (exact) mass is 373 g/mol. The SMILES string of the molecule is CCc1c(-c2nn3c(-c4ccccc4)nnc3s2)cnn1-c1ccccn1. The number of hydrogen-bond donors (Lipinski definition) is 0. The predicted octanol–water partition coefficient (Wildman–Crippen LogP) is 3.66. The Bertz CT molecular complexity index is 1210. The van der Waals surface area contributed by atoms with Crippen LogP contribution >= 0.6 is 11.3 Å². The van der Waals surface area contributed by atoms with Crippen LogP contribution in [0, 0.1) is 0 Å². The Balaban J connectivity index is 1.63. The summed E-state index contributed by atoms with van der Waals surface area (Å²) in [5, 5.41) is 18.8. The fourth-order valence-electron chi connectivity index (χ4n) is 3.06. The van der Waals surface area contributed by atoms with E-state index in [-0.39, 0.29) is 0 Å². The molecule has 5 aromatic rings. The van der Waals surface area contributed by atoms with E-state index >= 15 is 0 Å². The summed E-state index contributed by atoms with van der Waals surface area (Å²) in [5.74, 6) is 1.54. The molecule has 0 atom stereocenters. The molecule has 8 heteroatoms. The van der Waals surface area contributed by atoms with Gasteiger partial charge in [0.05, 0.1) is 17.5 Å². The Kier molecular flexibility index (Phi) is 3.75. The largest absolute Gasteiger partial charge is 0.237 e. The van der Waals surface area contributed by atoms with Gasteiger partial charge in [0.2, 0.25) is 4.96 Å². The normalized spacial score (nSPS) is 11.3. The van der Waals surface area contributed by atoms with E-state index < -0.39 is 0 Å². The van der Waals surface area contributed by atoms with Crippen LogP contribution in [0.3, 0.4) is 0 Å². The van der Waals surface area contributed by atoms with Crippen molar-refractivity contribution in [1.29, 1.82) is 0 Å². The lowest BCUT2D eigenvalue weighted by molar-refractivity contribution is 0.790. The van der Waals surface area contributed by atoms with Gasteiger partial charge in [0.15, 0.2) is 16.6 Å². The van der Waals surface area contributed by atoms with Crippen molar-refractivity contribution < 1.29 is 0 Å². The molecule has 0 saturated carbocycles. The van der Waals surface area contributed by atoms with Gasteiger partial charge in [-0.05, 0) is 18.6 Å². The molecule has 27 heavy (non-hydrogen) atoms. The van der Waals surface area contributed by atoms with E-state index in [1.165, 1.54) is 11.3 Å². The first kappa shape index (κ1) is 15.8. The van der Waals surface area contributed by atoms with Gasteiger partial charge >= 0.3 is 0 Å². The highest BCUT2D eigenvalue weighted by Crippen LogP contribution is 2.31. The van der Waals surface area contributed by atoms with Crippen molar-refractivity contribution in [1.82, 2.24) is 34.6 Å². The van der Waals surface area contributed by atoms with E-state index in [2.05, 4.69) is 27.2 Å². The van der Waals surface area contributed by atoms with Crippen LogP contribution in [-0.2, 0) is 6.42 Å². The van der Waals surface area contributed by atoms with Crippen LogP contribution in [0.2, 0.25) is 0 Å². The molecule has 0 spiro atoms. The van der Waals surface area contributed by atoms with E-state index in [0.717, 1.165) is 44.9 Å². The highest BCUT2D eigenvalue weighted by Gasteiger charge is 2.19. The Morgan fingerprint density at radius 3 is 2.63 bits per heavy atom. The molecule has 5 rings (SSSR count). The molecule has 0 aliphatic carbocycles. The molecule has 0 radical (unpaired) electrons. The fourth-order valence-corrected chi connectivity index (χ4v) is 3.93. The van der Waals surface area contributed by atoms with E-state index in [0.29, 0.717) is 0 Å². The molecule has 4 heterocycles. The van der Waals surface area contributed by atoms with Crippen LogP contribution in [0.4, 0.5) is 0 Å². The van der Waals surface area contributed by atoms with Crippen LogP contribution in [0.15, 0.2) is 60.9 Å². The van der Waals surface area contributed by atoms with Crippen LogP contribution < -0.4 is 0 Å². The lowest BCUT2D eigenvalue weighted by Crippen LogP contribution is -2.03. The summed E-state index contributed by atoms with van der Waals surface area (Å²) < 4.78 is 3.67. The van der Waals surface area contributed by atoms with E-state index in [1.807, 2.05) is 59.4 Å². The van der Waals surface area contributed by atoms with Gasteiger partial charge in [-0.15, -0.1) is 10.2 Å². The van der Waals surface area contributed by atoms with Crippen LogP contribution in [0.1, 0.15) is 12.6 Å². The van der Waals surface area contributed by atoms with E-state index in [4.69, 9.17) is 5.10 Å². The van der Waals surface area contributed by atoms with Crippen molar-refractivity contribution in [3.05, 3.63) is 66.6 Å². The zero-order chi connectivity index (χ0) is 18.2. The third kappa shape index (κ3) is 2.61. The van der Waals surface area contributed by atoms with Gasteiger partial charge in [0.1, 0.15) is 0 Å². The van der Waals surface area contributed by atoms with Gasteiger partial charge in [-0.1, -0.05) is 54.7 Å². The van der Waals surface area contributed by atoms with Gasteiger partial charge in [-0.2, -0.15) is 14.7 Å². The lowest BCUT2D eigenvalue weighted by Gasteiger charge is -2.05. The Morgan fingerprint density at radius 1 is 1.00 bits per heavy atom. The predicted molar refractivity (Wildman–Crippen MR) is 104 cm³/mol. The average Bonchev–Trinajstić information content (AvgIpc) is 3.42. The zero-order valence-corrected chi connectivity index (χ0v) is 15.3. The summed E-state index contributed by atoms with van der Waals surface area (Å²) in [5.41, 5.74) is 3.05. The summed E-state index contributed by atoms with van der Waals surface area (Å²) in [6.45, 7) is 2.11. The van der Waals surface area contributed by atoms with Crippen molar-refractivity contribution in [2.45, 2.75) is 13.3 Å². The van der Waals surface area contributed by atoms with Gasteiger partial charge in [-0.3, -0.25) is 0 Å². The molecule has 0 amide bonds. The molecule has 0 saturated heterocycles. The third-order valence-corrected chi connectivity index (χ3v) is 5.26. The summed E-state index contributed by atoms with van der Waals surface area (Å²) in [6.07, 6.45) is 4.43. The maximum atomic E-state index is 4.77. The minimum absolute atomic E-state index is 0.739. The highest BCUT2D eigenvalue weighted by molar-refractivity contribution is 7.19. The molecular formula is C19H15N7S. The van der Waals surface area contributed by atoms with Crippen molar-refractivity contribution >= 4 is 16.3 Å². The lowest BCUT2D eigenvalue weighted by atomic mass is 10.2. The van der Waals surface area contributed by atoms with E-state index in [9.17, 15) is 0 Å². The zero-order valence-electron chi connectivity index (χ0n) is 14.5. The molecule has 7 nitrogen and oxygen atoms in total. The summed E-state index contributed by atoms with van der Waals surface area (Å²) in [4.78, 5) is 5.17. The van der Waals surface area contributed by atoms with Gasteiger partial charge < -0.3 is 0 Å². The molecular weight excluding hydrogens is 358 g/mol. The number of hydrogen-bond acceptors (Lipinski definition) is 6. The Morgan fingerprint density at radius 2 is 1.85 bits per heavy atom. The standard InChI is InChI=1S/C19H15N7S/c1-2-15-14(12-21-25(15)16-10-6-7-11-20-16)18-24-26-17(22-23-19(26)27-18)13-8-4-3-5-9-13/h3-12H,2H2,1H3. The smallest absolute Gasteiger partial charge is 0.235 e. The van der Waals surface area contributed by atoms with Crippen LogP contribution in [0.25, 0.3) is 32.7 Å². The number of nitrogens with zero attached hydrogens (tertiary/aromatic N) is 7. The van der Waals surface area contributed by atoms with Crippen LogP contribution in [0.5, 0.6) is 0 Å². The second kappa shape index (κ2) is 6.40. The maximum absolute atomic E-state index is 4.77. The van der Waals surface area contributed by atoms with Gasteiger partial charge in [0.25, 0.3) is 0 Å². The number of benzene rings is 1. The highest BCUT2D eigenvalue weighted by atomic mass is 32.1. The summed E-state index contributed by atoms with van der Waals surface area (Å²) >= 11 is 1.51. The number of rotatable bonds is 4. The first-order chi connectivity index (χ1) is 13.3. The maximum Gasteiger partial charge on any atom is 0.235 e. The molecule has 0 bridgehead atoms. The van der Waals surface area contributed by atoms with Crippen LogP contribution in [-0.4, -0.2) is 34.6 Å². The Labute approximate surface area is 159 Å². The van der Waals surface area contributed by atoms with Crippen molar-refractivity contribution in [2.75, 3.05) is 0 Å². The second-order valence-corrected chi connectivity index (χ2v) is 6.91. The molecule has 0 N–H and O–H groups in total. The second-order valence-electron chi connectivity index (χ2n) is 5.95. The minimum atomic E-state index is 0.739. The number of aromatic nitrogens is 7. The van der Waals surface area contributed by atoms with E-state index in [1.54, 1.807) is 10.7 Å². The first-order valence-electron chi connectivity index (χ1n) is 8.61. The number of fused-ring (bicyclic) bond motifs is 1. The molecule has 1 aromatic carbocycles. The third-order valence-electron chi connectivity index (χ3n) is 4.32. The summed E-state index contributed by atoms with van der Waals surface area (Å²) in [7, 11) is 0. The fraction of sp³-hybridized carbons (Fsp3) is 0.105. The molecule has 0 fully saturated rings. The van der Waals surface area contributed by atoms with Crippen molar-refractivity contribution in [3.63, 3.8) is 0 Å². The topological polar surface area (TPSA) is 73.8 Å². The summed E-state index contributed by atoms with van der Waals surface area (Å²) in [6, 6.07) is 15.8. The molecule has 132 valence electrons. The van der Waals surface area contributed by atoms with Gasteiger partial charge in [0, 0.05) is 11.8 Å². The first-order valence-corrected chi connectivity index (χ1v) is 9.43. The quantitative estimate of drug-likeness (QED) is 0.481. The van der Waals surface area contributed by atoms with Crippen molar-refractivity contribution in [3.8, 4) is 27.8 Å². The Hall–Kier alpha value is -3.39. The molecule has 4 aromatic heterocycles. The average molecular weight is 373 g/mol. The minimum Gasteiger partial charge on any atom is -0.237 e. The molecule has 0 aliphatic rings.